The second kappa shape index (κ2) is 6.14. The van der Waals surface area contributed by atoms with Gasteiger partial charge in [0.05, 0.1) is 30.3 Å². The van der Waals surface area contributed by atoms with Gasteiger partial charge in [-0.2, -0.15) is 0 Å². The second-order valence-corrected chi connectivity index (χ2v) is 5.91. The minimum atomic E-state index is -0.394. The quantitative estimate of drug-likeness (QED) is 0.526. The number of nitro groups is 1. The molecule has 0 saturated carbocycles. The molecule has 1 aliphatic rings. The lowest BCUT2D eigenvalue weighted by atomic mass is 10.1. The smallest absolute Gasteiger partial charge is 0.271 e. The van der Waals surface area contributed by atoms with Gasteiger partial charge in [0.15, 0.2) is 11.5 Å². The Morgan fingerprint density at radius 1 is 1.15 bits per heavy atom. The van der Waals surface area contributed by atoms with Crippen molar-refractivity contribution in [2.24, 2.45) is 0 Å². The molecule has 0 N–H and O–H groups in total. The van der Waals surface area contributed by atoms with Crippen LogP contribution in [-0.4, -0.2) is 35.7 Å². The Bertz CT molecular complexity index is 1020. The predicted molar refractivity (Wildman–Crippen MR) is 96.4 cm³/mol. The monoisotopic (exact) mass is 352 g/mol. The zero-order valence-corrected chi connectivity index (χ0v) is 14.3. The number of ether oxygens (including phenoxy) is 2. The fraction of sp³-hybridized carbons (Fsp3) is 0.222. The van der Waals surface area contributed by atoms with Crippen LogP contribution in [0.25, 0.3) is 10.9 Å². The minimum Gasteiger partial charge on any atom is -0.493 e. The Morgan fingerprint density at radius 3 is 2.65 bits per heavy atom. The van der Waals surface area contributed by atoms with Crippen molar-refractivity contribution in [1.29, 1.82) is 0 Å². The number of rotatable bonds is 4. The molecule has 0 aliphatic carbocycles. The average molecular weight is 352 g/mol. The maximum absolute atomic E-state index is 11.1. The Morgan fingerprint density at radius 2 is 1.92 bits per heavy atom. The molecular weight excluding hydrogens is 336 g/mol. The standard InChI is InChI=1S/C18H16N4O4/c1-25-16-7-12-10-19-18(20-14(12)9-17(16)26-2)21-6-5-11-3-4-13(22(23)24)8-15(11)21/h3-4,7-10H,5-6H2,1-2H3. The van der Waals surface area contributed by atoms with Crippen molar-refractivity contribution < 1.29 is 14.4 Å². The zero-order chi connectivity index (χ0) is 18.3. The number of nitro benzene ring substituents is 1. The predicted octanol–water partition coefficient (Wildman–Crippen LogP) is 3.25. The summed E-state index contributed by atoms with van der Waals surface area (Å²) in [5.41, 5.74) is 2.60. The van der Waals surface area contributed by atoms with Gasteiger partial charge in [0.25, 0.3) is 5.69 Å². The molecule has 3 aromatic rings. The molecule has 0 spiro atoms. The van der Waals surface area contributed by atoms with E-state index < -0.39 is 4.92 Å². The third-order valence-corrected chi connectivity index (χ3v) is 4.49. The van der Waals surface area contributed by atoms with Crippen LogP contribution in [0.5, 0.6) is 11.5 Å². The molecule has 132 valence electrons. The van der Waals surface area contributed by atoms with E-state index in [0.717, 1.165) is 23.1 Å². The Labute approximate surface area is 149 Å². The van der Waals surface area contributed by atoms with Crippen molar-refractivity contribution in [2.75, 3.05) is 25.7 Å². The number of fused-ring (bicyclic) bond motifs is 2. The largest absolute Gasteiger partial charge is 0.493 e. The van der Waals surface area contributed by atoms with E-state index in [0.29, 0.717) is 29.5 Å². The first-order chi connectivity index (χ1) is 12.6. The van der Waals surface area contributed by atoms with E-state index in [4.69, 9.17) is 9.47 Å². The molecule has 4 rings (SSSR count). The fourth-order valence-electron chi connectivity index (χ4n) is 3.17. The number of nitrogens with zero attached hydrogens (tertiary/aromatic N) is 4. The molecular formula is C18H16N4O4. The van der Waals surface area contributed by atoms with Crippen molar-refractivity contribution in [1.82, 2.24) is 9.97 Å². The van der Waals surface area contributed by atoms with E-state index in [9.17, 15) is 10.1 Å². The number of hydrogen-bond donors (Lipinski definition) is 0. The first-order valence-corrected chi connectivity index (χ1v) is 8.04. The highest BCUT2D eigenvalue weighted by Gasteiger charge is 2.25. The van der Waals surface area contributed by atoms with E-state index in [1.54, 1.807) is 38.6 Å². The summed E-state index contributed by atoms with van der Waals surface area (Å²) < 4.78 is 10.6. The molecule has 26 heavy (non-hydrogen) atoms. The number of aromatic nitrogens is 2. The molecule has 0 bridgehead atoms. The summed E-state index contributed by atoms with van der Waals surface area (Å²) in [6, 6.07) is 8.51. The number of anilines is 2. The topological polar surface area (TPSA) is 90.6 Å². The van der Waals surface area contributed by atoms with E-state index >= 15 is 0 Å². The van der Waals surface area contributed by atoms with Gasteiger partial charge in [-0.1, -0.05) is 6.07 Å². The molecule has 0 fully saturated rings. The van der Waals surface area contributed by atoms with E-state index in [1.165, 1.54) is 6.07 Å². The minimum absolute atomic E-state index is 0.0582. The Hall–Kier alpha value is -3.42. The summed E-state index contributed by atoms with van der Waals surface area (Å²) in [7, 11) is 3.15. The van der Waals surface area contributed by atoms with Gasteiger partial charge in [-0.25, -0.2) is 9.97 Å². The fourth-order valence-corrected chi connectivity index (χ4v) is 3.17. The summed E-state index contributed by atoms with van der Waals surface area (Å²) in [5.74, 6) is 1.70. The van der Waals surface area contributed by atoms with Crippen LogP contribution in [0.2, 0.25) is 0 Å². The van der Waals surface area contributed by atoms with Gasteiger partial charge >= 0.3 is 0 Å². The summed E-state index contributed by atoms with van der Waals surface area (Å²) in [6.45, 7) is 0.676. The summed E-state index contributed by atoms with van der Waals surface area (Å²) in [5, 5.41) is 11.9. The molecule has 1 aromatic heterocycles. The number of non-ortho nitro benzene ring substituents is 1. The van der Waals surface area contributed by atoms with Gasteiger partial charge in [-0.15, -0.1) is 0 Å². The molecule has 1 aliphatic heterocycles. The maximum Gasteiger partial charge on any atom is 0.271 e. The van der Waals surface area contributed by atoms with Crippen molar-refractivity contribution in [3.8, 4) is 11.5 Å². The van der Waals surface area contributed by atoms with Gasteiger partial charge < -0.3 is 14.4 Å². The molecule has 8 nitrogen and oxygen atoms in total. The van der Waals surface area contributed by atoms with Crippen molar-refractivity contribution in [3.63, 3.8) is 0 Å². The van der Waals surface area contributed by atoms with E-state index in [-0.39, 0.29) is 5.69 Å². The van der Waals surface area contributed by atoms with Gasteiger partial charge in [-0.3, -0.25) is 10.1 Å². The molecule has 0 atom stereocenters. The molecule has 0 unspecified atom stereocenters. The zero-order valence-electron chi connectivity index (χ0n) is 14.3. The lowest BCUT2D eigenvalue weighted by molar-refractivity contribution is -0.384. The lowest BCUT2D eigenvalue weighted by Gasteiger charge is -2.17. The third kappa shape index (κ3) is 2.55. The molecule has 8 heteroatoms. The highest BCUT2D eigenvalue weighted by molar-refractivity contribution is 5.83. The summed E-state index contributed by atoms with van der Waals surface area (Å²) >= 11 is 0. The third-order valence-electron chi connectivity index (χ3n) is 4.49. The Balaban J connectivity index is 1.79. The van der Waals surface area contributed by atoms with Crippen molar-refractivity contribution in [3.05, 3.63) is 52.2 Å². The first-order valence-electron chi connectivity index (χ1n) is 8.04. The van der Waals surface area contributed by atoms with E-state index in [1.807, 2.05) is 11.0 Å². The second-order valence-electron chi connectivity index (χ2n) is 5.91. The molecule has 2 aromatic carbocycles. The molecule has 2 heterocycles. The number of benzene rings is 2. The maximum atomic E-state index is 11.1. The molecule has 0 amide bonds. The van der Waals surface area contributed by atoms with Gasteiger partial charge in [0.2, 0.25) is 5.95 Å². The average Bonchev–Trinajstić information content (AvgIpc) is 3.09. The SMILES string of the molecule is COc1cc2cnc(N3CCc4ccc([N+](=O)[O-])cc43)nc2cc1OC. The van der Waals surface area contributed by atoms with Gasteiger partial charge in [-0.05, 0) is 18.1 Å². The van der Waals surface area contributed by atoms with E-state index in [2.05, 4.69) is 9.97 Å². The molecule has 0 saturated heterocycles. The molecule has 0 radical (unpaired) electrons. The highest BCUT2D eigenvalue weighted by Crippen LogP contribution is 2.37. The summed E-state index contributed by atoms with van der Waals surface area (Å²) in [4.78, 5) is 21.7. The van der Waals surface area contributed by atoms with Crippen LogP contribution in [0.15, 0.2) is 36.5 Å². The lowest BCUT2D eigenvalue weighted by Crippen LogP contribution is -2.16. The van der Waals surface area contributed by atoms with Crippen LogP contribution in [0.1, 0.15) is 5.56 Å². The number of methoxy groups -OCH3 is 2. The van der Waals surface area contributed by atoms with Crippen molar-refractivity contribution >= 4 is 28.2 Å². The van der Waals surface area contributed by atoms with Gasteiger partial charge in [0, 0.05) is 36.3 Å². The van der Waals surface area contributed by atoms with Crippen LogP contribution in [-0.2, 0) is 6.42 Å². The van der Waals surface area contributed by atoms with Crippen LogP contribution in [0.3, 0.4) is 0 Å². The van der Waals surface area contributed by atoms with Crippen LogP contribution >= 0.6 is 0 Å². The first kappa shape index (κ1) is 16.1. The highest BCUT2D eigenvalue weighted by atomic mass is 16.6. The normalized spacial score (nSPS) is 12.9. The summed E-state index contributed by atoms with van der Waals surface area (Å²) in [6.07, 6.45) is 2.51. The van der Waals surface area contributed by atoms with Gasteiger partial charge in [0.1, 0.15) is 0 Å². The Kier molecular flexibility index (Phi) is 3.80. The van der Waals surface area contributed by atoms with Crippen LogP contribution in [0, 0.1) is 10.1 Å². The van der Waals surface area contributed by atoms with Crippen LogP contribution < -0.4 is 14.4 Å². The van der Waals surface area contributed by atoms with Crippen molar-refractivity contribution in [2.45, 2.75) is 6.42 Å². The van der Waals surface area contributed by atoms with Crippen LogP contribution in [0.4, 0.5) is 17.3 Å². The number of hydrogen-bond acceptors (Lipinski definition) is 7.